The number of rotatable bonds is 9. The van der Waals surface area contributed by atoms with Crippen LogP contribution in [-0.2, 0) is 20.3 Å². The van der Waals surface area contributed by atoms with Crippen molar-refractivity contribution in [1.82, 2.24) is 29.7 Å². The van der Waals surface area contributed by atoms with Gasteiger partial charge in [0.15, 0.2) is 27.2 Å². The van der Waals surface area contributed by atoms with E-state index in [1.165, 1.54) is 7.11 Å². The molecule has 3 atom stereocenters. The third kappa shape index (κ3) is 5.18. The number of aromatic nitrogens is 6. The highest BCUT2D eigenvalue weighted by Crippen LogP contribution is 2.35. The quantitative estimate of drug-likeness (QED) is 0.442. The second-order valence-electron chi connectivity index (χ2n) is 8.89. The standard InChI is InChI=1S/C23H30N6O6S/c1-13(2)35-21(22-24-8-14(3)9-25-22)15(4)36(31,32)12-18-27-28-23-20-17(6-7-19(26-20)33-5)34-11-16(10-30)29(18)23/h6-9,13,15-16,21,30H,10-12H2,1-5H3/t15-,16+,21+/m0/s1. The number of aliphatic hydroxyl groups is 1. The molecule has 3 aromatic heterocycles. The fraction of sp³-hybridized carbons (Fsp3) is 0.522. The maximum atomic E-state index is 13.6. The van der Waals surface area contributed by atoms with Crippen LogP contribution in [0.5, 0.6) is 11.6 Å². The van der Waals surface area contributed by atoms with Crippen LogP contribution in [0.3, 0.4) is 0 Å². The minimum absolute atomic E-state index is 0.0848. The van der Waals surface area contributed by atoms with Crippen LogP contribution in [0.2, 0.25) is 0 Å². The van der Waals surface area contributed by atoms with E-state index in [-0.39, 0.29) is 36.8 Å². The average Bonchev–Trinajstić information content (AvgIpc) is 3.17. The van der Waals surface area contributed by atoms with Gasteiger partial charge >= 0.3 is 0 Å². The predicted octanol–water partition coefficient (Wildman–Crippen LogP) is 1.84. The summed E-state index contributed by atoms with van der Waals surface area (Å²) in [5.41, 5.74) is 1.20. The average molecular weight is 519 g/mol. The van der Waals surface area contributed by atoms with Crippen molar-refractivity contribution in [2.75, 3.05) is 20.3 Å². The van der Waals surface area contributed by atoms with Gasteiger partial charge < -0.3 is 19.3 Å². The molecule has 4 rings (SSSR count). The molecule has 3 aromatic rings. The van der Waals surface area contributed by atoms with Crippen LogP contribution in [0.1, 0.15) is 50.1 Å². The molecule has 12 nitrogen and oxygen atoms in total. The molecule has 194 valence electrons. The number of methoxy groups -OCH3 is 1. The van der Waals surface area contributed by atoms with Gasteiger partial charge in [-0.3, -0.25) is 4.57 Å². The number of aliphatic hydroxyl groups excluding tert-OH is 1. The molecule has 0 unspecified atom stereocenters. The summed E-state index contributed by atoms with van der Waals surface area (Å²) in [5.74, 6) is 1.06. The molecule has 36 heavy (non-hydrogen) atoms. The van der Waals surface area contributed by atoms with Crippen LogP contribution in [-0.4, -0.2) is 74.9 Å². The summed E-state index contributed by atoms with van der Waals surface area (Å²) in [6.45, 7) is 6.84. The highest BCUT2D eigenvalue weighted by Gasteiger charge is 2.37. The summed E-state index contributed by atoms with van der Waals surface area (Å²) >= 11 is 0. The zero-order chi connectivity index (χ0) is 26.0. The van der Waals surface area contributed by atoms with Crippen LogP contribution in [0.25, 0.3) is 11.5 Å². The topological polar surface area (TPSA) is 151 Å². The summed E-state index contributed by atoms with van der Waals surface area (Å²) in [4.78, 5) is 13.0. The molecule has 0 spiro atoms. The monoisotopic (exact) mass is 518 g/mol. The normalized spacial score (nSPS) is 17.0. The van der Waals surface area contributed by atoms with Crippen molar-refractivity contribution < 1.29 is 27.7 Å². The molecule has 0 aliphatic carbocycles. The molecule has 1 aliphatic heterocycles. The lowest BCUT2D eigenvalue weighted by Crippen LogP contribution is -2.32. The minimum Gasteiger partial charge on any atom is -0.489 e. The van der Waals surface area contributed by atoms with Gasteiger partial charge in [0, 0.05) is 18.5 Å². The van der Waals surface area contributed by atoms with Gasteiger partial charge in [-0.05, 0) is 39.3 Å². The molecular weight excluding hydrogens is 488 g/mol. The molecule has 13 heteroatoms. The molecule has 0 radical (unpaired) electrons. The Hall–Kier alpha value is -3.16. The van der Waals surface area contributed by atoms with E-state index < -0.39 is 33.0 Å². The lowest BCUT2D eigenvalue weighted by Gasteiger charge is -2.25. The molecule has 1 aliphatic rings. The summed E-state index contributed by atoms with van der Waals surface area (Å²) in [6, 6.07) is 2.72. The number of ether oxygens (including phenoxy) is 3. The molecule has 0 bridgehead atoms. The number of pyridine rings is 1. The Morgan fingerprint density at radius 1 is 1.19 bits per heavy atom. The van der Waals surface area contributed by atoms with E-state index in [0.717, 1.165) is 5.56 Å². The third-order valence-electron chi connectivity index (χ3n) is 5.82. The number of nitrogens with zero attached hydrogens (tertiary/aromatic N) is 6. The number of hydrogen-bond donors (Lipinski definition) is 1. The van der Waals surface area contributed by atoms with Crippen molar-refractivity contribution >= 4 is 9.84 Å². The molecule has 0 amide bonds. The van der Waals surface area contributed by atoms with Gasteiger partial charge in [0.2, 0.25) is 5.88 Å². The van der Waals surface area contributed by atoms with Crippen molar-refractivity contribution in [2.24, 2.45) is 0 Å². The first kappa shape index (κ1) is 25.9. The Morgan fingerprint density at radius 3 is 2.56 bits per heavy atom. The third-order valence-corrected chi connectivity index (χ3v) is 7.87. The molecule has 0 saturated carbocycles. The summed E-state index contributed by atoms with van der Waals surface area (Å²) in [7, 11) is -2.36. The van der Waals surface area contributed by atoms with Crippen molar-refractivity contribution in [3.63, 3.8) is 0 Å². The first-order valence-corrected chi connectivity index (χ1v) is 13.2. The van der Waals surface area contributed by atoms with Crippen molar-refractivity contribution in [3.8, 4) is 23.1 Å². The Kier molecular flexibility index (Phi) is 7.52. The number of sulfone groups is 1. The van der Waals surface area contributed by atoms with Gasteiger partial charge in [0.05, 0.1) is 31.1 Å². The molecule has 0 fully saturated rings. The van der Waals surface area contributed by atoms with Crippen LogP contribution in [0.15, 0.2) is 24.5 Å². The number of aryl methyl sites for hydroxylation is 1. The number of fused-ring (bicyclic) bond motifs is 3. The predicted molar refractivity (Wildman–Crippen MR) is 129 cm³/mol. The van der Waals surface area contributed by atoms with Crippen molar-refractivity contribution in [2.45, 2.75) is 56.9 Å². The van der Waals surface area contributed by atoms with Crippen LogP contribution in [0.4, 0.5) is 0 Å². The Balaban J connectivity index is 1.71. The van der Waals surface area contributed by atoms with E-state index in [9.17, 15) is 13.5 Å². The second-order valence-corrected chi connectivity index (χ2v) is 11.3. The summed E-state index contributed by atoms with van der Waals surface area (Å²) in [6.07, 6.45) is 2.11. The Bertz CT molecular complexity index is 1310. The van der Waals surface area contributed by atoms with Gasteiger partial charge in [-0.2, -0.15) is 0 Å². The van der Waals surface area contributed by atoms with E-state index >= 15 is 0 Å². The fourth-order valence-corrected chi connectivity index (χ4v) is 5.29. The maximum absolute atomic E-state index is 13.6. The van der Waals surface area contributed by atoms with Gasteiger partial charge in [-0.25, -0.2) is 23.4 Å². The van der Waals surface area contributed by atoms with Crippen LogP contribution < -0.4 is 9.47 Å². The summed E-state index contributed by atoms with van der Waals surface area (Å²) < 4.78 is 45.8. The molecule has 0 saturated heterocycles. The van der Waals surface area contributed by atoms with E-state index in [2.05, 4.69) is 25.1 Å². The maximum Gasteiger partial charge on any atom is 0.213 e. The van der Waals surface area contributed by atoms with Gasteiger partial charge in [0.1, 0.15) is 30.0 Å². The van der Waals surface area contributed by atoms with Gasteiger partial charge in [-0.15, -0.1) is 10.2 Å². The van der Waals surface area contributed by atoms with E-state index in [1.54, 1.807) is 36.0 Å². The highest BCUT2D eigenvalue weighted by atomic mass is 32.2. The molecular formula is C23H30N6O6S. The lowest BCUT2D eigenvalue weighted by atomic mass is 10.2. The van der Waals surface area contributed by atoms with Gasteiger partial charge in [0.25, 0.3) is 0 Å². The Labute approximate surface area is 209 Å². The van der Waals surface area contributed by atoms with E-state index in [4.69, 9.17) is 14.2 Å². The SMILES string of the molecule is COc1ccc2c(n1)-c1nnc(CS(=O)(=O)[C@@H](C)[C@@H](OC(C)C)c3ncc(C)cn3)n1[C@H](CO)CO2. The highest BCUT2D eigenvalue weighted by molar-refractivity contribution is 7.91. The van der Waals surface area contributed by atoms with Crippen LogP contribution >= 0.6 is 0 Å². The zero-order valence-corrected chi connectivity index (χ0v) is 21.6. The minimum atomic E-state index is -3.85. The molecule has 4 heterocycles. The molecule has 1 N–H and O–H groups in total. The largest absolute Gasteiger partial charge is 0.489 e. The lowest BCUT2D eigenvalue weighted by molar-refractivity contribution is 0.00140. The number of hydrogen-bond acceptors (Lipinski definition) is 11. The zero-order valence-electron chi connectivity index (χ0n) is 20.8. The smallest absolute Gasteiger partial charge is 0.213 e. The van der Waals surface area contributed by atoms with E-state index in [0.29, 0.717) is 17.3 Å². The first-order chi connectivity index (χ1) is 17.1. The fourth-order valence-electron chi connectivity index (χ4n) is 3.90. The van der Waals surface area contributed by atoms with Crippen molar-refractivity contribution in [3.05, 3.63) is 41.7 Å². The Morgan fingerprint density at radius 2 is 1.92 bits per heavy atom. The summed E-state index contributed by atoms with van der Waals surface area (Å²) in [5, 5.41) is 17.5. The van der Waals surface area contributed by atoms with Crippen molar-refractivity contribution in [1.29, 1.82) is 0 Å². The molecule has 0 aromatic carbocycles. The van der Waals surface area contributed by atoms with Crippen LogP contribution in [0, 0.1) is 6.92 Å². The van der Waals surface area contributed by atoms with Gasteiger partial charge in [-0.1, -0.05) is 0 Å². The van der Waals surface area contributed by atoms with E-state index in [1.807, 2.05) is 20.8 Å². The first-order valence-electron chi connectivity index (χ1n) is 11.5. The second kappa shape index (κ2) is 10.4.